The first-order valence-electron chi connectivity index (χ1n) is 10.9. The number of benzene rings is 1. The van der Waals surface area contributed by atoms with Crippen LogP contribution in [0.3, 0.4) is 0 Å². The number of methoxy groups -OCH3 is 2. The van der Waals surface area contributed by atoms with Crippen LogP contribution in [-0.2, 0) is 17.9 Å². The van der Waals surface area contributed by atoms with E-state index in [2.05, 4.69) is 39.1 Å². The molecule has 0 unspecified atom stereocenters. The van der Waals surface area contributed by atoms with Crippen LogP contribution in [0.25, 0.3) is 10.2 Å². The van der Waals surface area contributed by atoms with Gasteiger partial charge >= 0.3 is 0 Å². The number of ether oxygens (including phenoxy) is 2. The molecule has 170 valence electrons. The molecule has 3 aromatic rings. The van der Waals surface area contributed by atoms with Crippen molar-refractivity contribution in [3.05, 3.63) is 46.1 Å². The number of piperidine rings is 1. The van der Waals surface area contributed by atoms with Gasteiger partial charge in [0.25, 0.3) is 5.91 Å². The molecule has 1 aliphatic heterocycles. The quantitative estimate of drug-likeness (QED) is 0.527. The molecule has 0 bridgehead atoms. The number of carbonyl (C=O) groups excluding carboxylic acids is 1. The highest BCUT2D eigenvalue weighted by Crippen LogP contribution is 2.35. The summed E-state index contributed by atoms with van der Waals surface area (Å²) in [6.45, 7) is 5.02. The molecule has 3 heterocycles. The van der Waals surface area contributed by atoms with E-state index in [1.54, 1.807) is 19.1 Å². The first kappa shape index (κ1) is 22.5. The highest BCUT2D eigenvalue weighted by molar-refractivity contribution is 7.20. The Morgan fingerprint density at radius 3 is 2.50 bits per heavy atom. The molecule has 8 heteroatoms. The molecule has 1 fully saturated rings. The Balaban J connectivity index is 1.52. The number of hydrogen-bond donors (Lipinski definition) is 0. The van der Waals surface area contributed by atoms with Crippen LogP contribution in [0.15, 0.2) is 24.3 Å². The number of nitrogens with zero attached hydrogens (tertiary/aromatic N) is 4. The standard InChI is InChI=1S/C24H30N4O3S/c1-16-20-22(31-4)25-19(15-30-3)26-23(20)32-21(16)24(29)27(2)14-17-8-10-18(11-9-17)28-12-6-5-7-13-28/h8-11H,5-7,12-15H2,1-4H3. The molecule has 4 rings (SSSR count). The maximum Gasteiger partial charge on any atom is 0.264 e. The van der Waals surface area contributed by atoms with Gasteiger partial charge in [-0.1, -0.05) is 12.1 Å². The molecule has 7 nitrogen and oxygen atoms in total. The first-order valence-corrected chi connectivity index (χ1v) is 11.8. The van der Waals surface area contributed by atoms with Crippen molar-refractivity contribution in [1.82, 2.24) is 14.9 Å². The molecule has 2 aromatic heterocycles. The lowest BCUT2D eigenvalue weighted by atomic mass is 10.1. The number of amides is 1. The van der Waals surface area contributed by atoms with Gasteiger partial charge in [0.15, 0.2) is 5.82 Å². The Bertz CT molecular complexity index is 1090. The molecule has 32 heavy (non-hydrogen) atoms. The monoisotopic (exact) mass is 454 g/mol. The van der Waals surface area contributed by atoms with E-state index >= 15 is 0 Å². The average molecular weight is 455 g/mol. The van der Waals surface area contributed by atoms with Gasteiger partial charge < -0.3 is 19.3 Å². The van der Waals surface area contributed by atoms with Gasteiger partial charge in [-0.25, -0.2) is 4.98 Å². The maximum absolute atomic E-state index is 13.3. The van der Waals surface area contributed by atoms with Crippen LogP contribution < -0.4 is 9.64 Å². The van der Waals surface area contributed by atoms with Gasteiger partial charge in [-0.15, -0.1) is 11.3 Å². The van der Waals surface area contributed by atoms with Crippen molar-refractivity contribution in [2.45, 2.75) is 39.3 Å². The minimum atomic E-state index is -0.0269. The molecule has 0 atom stereocenters. The smallest absolute Gasteiger partial charge is 0.264 e. The van der Waals surface area contributed by atoms with Crippen LogP contribution in [0.5, 0.6) is 5.88 Å². The van der Waals surface area contributed by atoms with Gasteiger partial charge in [0, 0.05) is 39.5 Å². The summed E-state index contributed by atoms with van der Waals surface area (Å²) in [5.41, 5.74) is 3.23. The van der Waals surface area contributed by atoms with E-state index in [1.807, 2.05) is 14.0 Å². The number of hydrogen-bond acceptors (Lipinski definition) is 7. The highest BCUT2D eigenvalue weighted by atomic mass is 32.1. The number of aryl methyl sites for hydroxylation is 1. The van der Waals surface area contributed by atoms with Crippen molar-refractivity contribution in [1.29, 1.82) is 0 Å². The molecule has 1 saturated heterocycles. The topological polar surface area (TPSA) is 67.8 Å². The summed E-state index contributed by atoms with van der Waals surface area (Å²) in [5.74, 6) is 0.992. The number of thiophene rings is 1. The van der Waals surface area contributed by atoms with E-state index < -0.39 is 0 Å². The molecule has 1 amide bonds. The minimum Gasteiger partial charge on any atom is -0.480 e. The summed E-state index contributed by atoms with van der Waals surface area (Å²) in [6.07, 6.45) is 3.84. The third-order valence-electron chi connectivity index (χ3n) is 5.89. The van der Waals surface area contributed by atoms with E-state index in [0.717, 1.165) is 34.4 Å². The van der Waals surface area contributed by atoms with Crippen molar-refractivity contribution in [3.8, 4) is 5.88 Å². The number of anilines is 1. The molecule has 0 saturated carbocycles. The Morgan fingerprint density at radius 2 is 1.84 bits per heavy atom. The normalized spacial score (nSPS) is 14.1. The van der Waals surface area contributed by atoms with Crippen LogP contribution in [-0.4, -0.2) is 55.1 Å². The Morgan fingerprint density at radius 1 is 1.12 bits per heavy atom. The molecule has 0 radical (unpaired) electrons. The predicted molar refractivity (Wildman–Crippen MR) is 128 cm³/mol. The van der Waals surface area contributed by atoms with Gasteiger partial charge in [0.1, 0.15) is 11.4 Å². The lowest BCUT2D eigenvalue weighted by molar-refractivity contribution is 0.0789. The number of carbonyl (C=O) groups is 1. The summed E-state index contributed by atoms with van der Waals surface area (Å²) >= 11 is 1.38. The van der Waals surface area contributed by atoms with Crippen molar-refractivity contribution in [3.63, 3.8) is 0 Å². The predicted octanol–water partition coefficient (Wildman–Crippen LogP) is 4.42. The average Bonchev–Trinajstić information content (AvgIpc) is 3.15. The van der Waals surface area contributed by atoms with E-state index in [-0.39, 0.29) is 5.91 Å². The second-order valence-corrected chi connectivity index (χ2v) is 9.19. The molecule has 1 aromatic carbocycles. The van der Waals surface area contributed by atoms with Crippen molar-refractivity contribution < 1.29 is 14.3 Å². The fraction of sp³-hybridized carbons (Fsp3) is 0.458. The minimum absolute atomic E-state index is 0.0269. The van der Waals surface area contributed by atoms with Crippen molar-refractivity contribution >= 4 is 33.1 Å². The summed E-state index contributed by atoms with van der Waals surface area (Å²) in [6, 6.07) is 8.58. The van der Waals surface area contributed by atoms with Crippen LogP contribution in [0.4, 0.5) is 5.69 Å². The molecule has 1 aliphatic rings. The molecule has 0 spiro atoms. The number of aromatic nitrogens is 2. The van der Waals surface area contributed by atoms with Crippen molar-refractivity contribution in [2.75, 3.05) is 39.3 Å². The fourth-order valence-corrected chi connectivity index (χ4v) is 5.36. The lowest BCUT2D eigenvalue weighted by Crippen LogP contribution is -2.29. The number of rotatable bonds is 7. The second-order valence-electron chi connectivity index (χ2n) is 8.19. The van der Waals surface area contributed by atoms with Gasteiger partial charge in [-0.05, 0) is 49.4 Å². The largest absolute Gasteiger partial charge is 0.480 e. The van der Waals surface area contributed by atoms with Crippen LogP contribution in [0.2, 0.25) is 0 Å². The van der Waals surface area contributed by atoms with E-state index in [1.165, 1.54) is 36.3 Å². The molecule has 0 N–H and O–H groups in total. The molecule has 0 aliphatic carbocycles. The highest BCUT2D eigenvalue weighted by Gasteiger charge is 2.23. The van der Waals surface area contributed by atoms with Gasteiger partial charge in [-0.3, -0.25) is 4.79 Å². The van der Waals surface area contributed by atoms with Gasteiger partial charge in [0.2, 0.25) is 5.88 Å². The summed E-state index contributed by atoms with van der Waals surface area (Å²) in [4.78, 5) is 27.9. The third-order valence-corrected chi connectivity index (χ3v) is 7.06. The molecular formula is C24H30N4O3S. The zero-order valence-electron chi connectivity index (χ0n) is 19.2. The Labute approximate surface area is 193 Å². The van der Waals surface area contributed by atoms with E-state index in [0.29, 0.717) is 29.7 Å². The van der Waals surface area contributed by atoms with Gasteiger partial charge in [0.05, 0.1) is 17.4 Å². The number of fused-ring (bicyclic) bond motifs is 1. The Hall–Kier alpha value is -2.71. The maximum atomic E-state index is 13.3. The van der Waals surface area contributed by atoms with Crippen LogP contribution in [0.1, 0.15) is 45.9 Å². The Kier molecular flexibility index (Phi) is 6.91. The van der Waals surface area contributed by atoms with E-state index in [4.69, 9.17) is 9.47 Å². The summed E-state index contributed by atoms with van der Waals surface area (Å²) in [5, 5.41) is 0.792. The van der Waals surface area contributed by atoms with E-state index in [9.17, 15) is 4.79 Å². The summed E-state index contributed by atoms with van der Waals surface area (Å²) < 4.78 is 10.6. The van der Waals surface area contributed by atoms with Crippen LogP contribution in [0, 0.1) is 6.92 Å². The van der Waals surface area contributed by atoms with Crippen LogP contribution >= 0.6 is 11.3 Å². The van der Waals surface area contributed by atoms with Crippen molar-refractivity contribution in [2.24, 2.45) is 0 Å². The zero-order chi connectivity index (χ0) is 22.7. The second kappa shape index (κ2) is 9.83. The lowest BCUT2D eigenvalue weighted by Gasteiger charge is -2.29. The first-order chi connectivity index (χ1) is 15.5. The summed E-state index contributed by atoms with van der Waals surface area (Å²) in [7, 11) is 5.02. The zero-order valence-corrected chi connectivity index (χ0v) is 20.0. The fourth-order valence-electron chi connectivity index (χ4n) is 4.17. The SMILES string of the molecule is COCc1nc(OC)c2c(C)c(C(=O)N(C)Cc3ccc(N4CCCCC4)cc3)sc2n1. The van der Waals surface area contributed by atoms with Gasteiger partial charge in [-0.2, -0.15) is 4.98 Å². The third kappa shape index (κ3) is 4.56. The molecular weight excluding hydrogens is 424 g/mol.